The van der Waals surface area contributed by atoms with Crippen molar-refractivity contribution in [2.45, 2.75) is 50.2 Å². The van der Waals surface area contributed by atoms with Gasteiger partial charge in [-0.1, -0.05) is 36.6 Å². The summed E-state index contributed by atoms with van der Waals surface area (Å²) in [6, 6.07) is 9.58. The van der Waals surface area contributed by atoms with Crippen molar-refractivity contribution in [1.29, 1.82) is 0 Å². The number of nitrogens with one attached hydrogen (secondary N) is 1. The smallest absolute Gasteiger partial charge is 0.228 e. The molecule has 0 amide bonds. The van der Waals surface area contributed by atoms with Crippen LogP contribution in [0.25, 0.3) is 32.9 Å². The zero-order valence-electron chi connectivity index (χ0n) is 24.1. The van der Waals surface area contributed by atoms with Crippen molar-refractivity contribution in [3.63, 3.8) is 0 Å². The van der Waals surface area contributed by atoms with Crippen molar-refractivity contribution in [2.24, 2.45) is 0 Å². The molecule has 1 N–H and O–H groups in total. The second kappa shape index (κ2) is 10.8. The summed E-state index contributed by atoms with van der Waals surface area (Å²) in [7, 11) is 4.19. The predicted molar refractivity (Wildman–Crippen MR) is 164 cm³/mol. The first kappa shape index (κ1) is 27.0. The van der Waals surface area contributed by atoms with Crippen LogP contribution >= 0.6 is 0 Å². The summed E-state index contributed by atoms with van der Waals surface area (Å²) in [4.78, 5) is 21.3. The second-order valence-corrected chi connectivity index (χ2v) is 12.0. The van der Waals surface area contributed by atoms with Crippen LogP contribution in [-0.4, -0.2) is 78.3 Å². The average Bonchev–Trinajstić information content (AvgIpc) is 3.20. The topological polar surface area (TPSA) is 60.4 Å². The van der Waals surface area contributed by atoms with E-state index in [1.165, 1.54) is 18.9 Å². The van der Waals surface area contributed by atoms with Gasteiger partial charge in [0.25, 0.3) is 0 Å². The van der Waals surface area contributed by atoms with E-state index in [0.717, 1.165) is 50.8 Å². The number of halogens is 2. The molecule has 2 aromatic carbocycles. The van der Waals surface area contributed by atoms with E-state index in [1.54, 1.807) is 18.3 Å². The van der Waals surface area contributed by atoms with Gasteiger partial charge >= 0.3 is 0 Å². The molecule has 0 aliphatic carbocycles. The summed E-state index contributed by atoms with van der Waals surface area (Å²) in [6.45, 7) is 3.36. The van der Waals surface area contributed by atoms with Crippen molar-refractivity contribution < 1.29 is 8.78 Å². The Morgan fingerprint density at radius 3 is 2.62 bits per heavy atom. The first-order valence-corrected chi connectivity index (χ1v) is 14.9. The number of rotatable bonds is 5. The van der Waals surface area contributed by atoms with Gasteiger partial charge in [0.15, 0.2) is 5.82 Å². The van der Waals surface area contributed by atoms with Crippen LogP contribution in [0.5, 0.6) is 0 Å². The van der Waals surface area contributed by atoms with E-state index in [9.17, 15) is 4.39 Å². The molecular weight excluding hydrogens is 532 g/mol. The first-order chi connectivity index (χ1) is 20.4. The molecule has 3 aliphatic rings. The van der Waals surface area contributed by atoms with Crippen LogP contribution in [0.15, 0.2) is 36.5 Å². The fourth-order valence-corrected chi connectivity index (χ4v) is 7.12. The predicted octanol–water partition coefficient (Wildman–Crippen LogP) is 4.97. The van der Waals surface area contributed by atoms with Crippen LogP contribution in [0.2, 0.25) is 0 Å². The maximum Gasteiger partial charge on any atom is 0.228 e. The Morgan fingerprint density at radius 2 is 1.88 bits per heavy atom. The Balaban J connectivity index is 1.39. The highest BCUT2D eigenvalue weighted by Crippen LogP contribution is 2.37. The van der Waals surface area contributed by atoms with Crippen LogP contribution in [0.4, 0.5) is 20.5 Å². The Bertz CT molecular complexity index is 1700. The molecule has 3 saturated heterocycles. The number of fused-ring (bicyclic) bond motifs is 4. The number of pyridine rings is 1. The molecule has 3 aliphatic heterocycles. The highest BCUT2D eigenvalue weighted by molar-refractivity contribution is 6.02. The summed E-state index contributed by atoms with van der Waals surface area (Å²) in [5, 5.41) is 5.35. The number of benzene rings is 2. The minimum absolute atomic E-state index is 0.0980. The average molecular weight is 568 g/mol. The minimum Gasteiger partial charge on any atom is -0.357 e. The standard InChI is InChI=1S/C33H35F2N7/c1-4-24-27(34)14-11-20-8-7-10-25(28(20)24)30-29(35)31-26(16-37-30)32(40(2)17-21-9-5-6-15-36-21)39-33(38-31)42-18-22-12-13-23(19-42)41(22)3/h1,7-8,10-11,14,16,21-23,36H,5-6,9,12-13,15,17-19H2,2-3H3/t21-,22?,23?/m1/s1. The molecule has 5 heterocycles. The van der Waals surface area contributed by atoms with E-state index in [-0.39, 0.29) is 16.8 Å². The molecule has 4 aromatic rings. The lowest BCUT2D eigenvalue weighted by atomic mass is 9.96. The first-order valence-electron chi connectivity index (χ1n) is 14.9. The van der Waals surface area contributed by atoms with Gasteiger partial charge in [-0.3, -0.25) is 9.88 Å². The van der Waals surface area contributed by atoms with Crippen molar-refractivity contribution in [2.75, 3.05) is 50.1 Å². The third kappa shape index (κ3) is 4.54. The molecule has 7 rings (SSSR count). The molecule has 9 heteroatoms. The molecule has 3 fully saturated rings. The van der Waals surface area contributed by atoms with Crippen LogP contribution in [-0.2, 0) is 0 Å². The van der Waals surface area contributed by atoms with E-state index in [2.05, 4.69) is 38.0 Å². The van der Waals surface area contributed by atoms with Gasteiger partial charge < -0.3 is 15.1 Å². The third-order valence-electron chi connectivity index (χ3n) is 9.44. The number of likely N-dealkylation sites (N-methyl/N-ethyl adjacent to an activating group) is 2. The Labute approximate surface area is 244 Å². The number of piperidine rings is 1. The molecule has 3 atom stereocenters. The van der Waals surface area contributed by atoms with E-state index in [1.807, 2.05) is 19.2 Å². The van der Waals surface area contributed by atoms with Gasteiger partial charge in [0, 0.05) is 62.0 Å². The normalized spacial score (nSPS) is 22.5. The SMILES string of the molecule is C#Cc1c(F)ccc2cccc(-c3ncc4c(N(C)C[C@H]5CCCCN5)nc(N5CC6CCC(C5)N6C)nc4c3F)c12. The highest BCUT2D eigenvalue weighted by atomic mass is 19.1. The Hall–Kier alpha value is -3.87. The molecule has 0 spiro atoms. The molecule has 42 heavy (non-hydrogen) atoms. The molecule has 0 radical (unpaired) electrons. The van der Waals surface area contributed by atoms with Crippen LogP contribution < -0.4 is 15.1 Å². The molecule has 216 valence electrons. The van der Waals surface area contributed by atoms with Crippen LogP contribution in [0.1, 0.15) is 37.7 Å². The highest BCUT2D eigenvalue weighted by Gasteiger charge is 2.38. The quantitative estimate of drug-likeness (QED) is 0.342. The van der Waals surface area contributed by atoms with Crippen molar-refractivity contribution in [1.82, 2.24) is 25.2 Å². The van der Waals surface area contributed by atoms with Crippen LogP contribution in [0, 0.1) is 24.0 Å². The van der Waals surface area contributed by atoms with E-state index < -0.39 is 11.6 Å². The summed E-state index contributed by atoms with van der Waals surface area (Å²) >= 11 is 0. The van der Waals surface area contributed by atoms with Crippen molar-refractivity contribution in [3.8, 4) is 23.6 Å². The van der Waals surface area contributed by atoms with Gasteiger partial charge in [-0.2, -0.15) is 4.98 Å². The molecule has 0 saturated carbocycles. The fourth-order valence-electron chi connectivity index (χ4n) is 7.12. The third-order valence-corrected chi connectivity index (χ3v) is 9.44. The molecular formula is C33H35F2N7. The van der Waals surface area contributed by atoms with Crippen molar-refractivity contribution >= 4 is 33.4 Å². The maximum absolute atomic E-state index is 16.7. The van der Waals surface area contributed by atoms with Gasteiger partial charge in [-0.25, -0.2) is 13.8 Å². The monoisotopic (exact) mass is 567 g/mol. The number of hydrogen-bond donors (Lipinski definition) is 1. The van der Waals surface area contributed by atoms with Crippen LogP contribution in [0.3, 0.4) is 0 Å². The second-order valence-electron chi connectivity index (χ2n) is 12.0. The van der Waals surface area contributed by atoms with Gasteiger partial charge in [0.1, 0.15) is 22.8 Å². The molecule has 7 nitrogen and oxygen atoms in total. The number of aromatic nitrogens is 3. The fraction of sp³-hybridized carbons (Fsp3) is 0.424. The van der Waals surface area contributed by atoms with Gasteiger partial charge in [-0.05, 0) is 50.7 Å². The maximum atomic E-state index is 16.7. The minimum atomic E-state index is -0.557. The van der Waals surface area contributed by atoms with Gasteiger partial charge in [0.05, 0.1) is 10.9 Å². The van der Waals surface area contributed by atoms with E-state index in [4.69, 9.17) is 16.4 Å². The van der Waals surface area contributed by atoms with Gasteiger partial charge in [0.2, 0.25) is 5.95 Å². The zero-order chi connectivity index (χ0) is 29.0. The lowest BCUT2D eigenvalue weighted by molar-refractivity contribution is 0.211. The molecule has 2 aromatic heterocycles. The van der Waals surface area contributed by atoms with Crippen molar-refractivity contribution in [3.05, 3.63) is 53.7 Å². The van der Waals surface area contributed by atoms with Gasteiger partial charge in [-0.15, -0.1) is 6.42 Å². The number of nitrogens with zero attached hydrogens (tertiary/aromatic N) is 6. The number of piperazine rings is 1. The van der Waals surface area contributed by atoms with E-state index in [0.29, 0.717) is 46.2 Å². The lowest BCUT2D eigenvalue weighted by Crippen LogP contribution is -2.52. The number of hydrogen-bond acceptors (Lipinski definition) is 7. The Morgan fingerprint density at radius 1 is 1.07 bits per heavy atom. The number of terminal acetylenes is 1. The Kier molecular flexibility index (Phi) is 6.91. The summed E-state index contributed by atoms with van der Waals surface area (Å²) in [5.41, 5.74) is 0.853. The van der Waals surface area contributed by atoms with E-state index >= 15 is 4.39 Å². The number of anilines is 2. The summed E-state index contributed by atoms with van der Waals surface area (Å²) in [5.74, 6) is 2.59. The summed E-state index contributed by atoms with van der Waals surface area (Å²) in [6.07, 6.45) is 13.1. The molecule has 2 unspecified atom stereocenters. The zero-order valence-corrected chi connectivity index (χ0v) is 24.1. The summed E-state index contributed by atoms with van der Waals surface area (Å²) < 4.78 is 31.5. The molecule has 2 bridgehead atoms. The largest absolute Gasteiger partial charge is 0.357 e. The lowest BCUT2D eigenvalue weighted by Gasteiger charge is -2.39.